The minimum Gasteiger partial charge on any atom is -0.368 e. The number of nitrogens with two attached hydrogens (primary N) is 2. The van der Waals surface area contributed by atoms with Gasteiger partial charge in [0.2, 0.25) is 0 Å². The first-order valence-electron chi connectivity index (χ1n) is 7.15. The Hall–Kier alpha value is -1.07. The van der Waals surface area contributed by atoms with E-state index in [4.69, 9.17) is 11.5 Å². The van der Waals surface area contributed by atoms with Crippen molar-refractivity contribution in [1.82, 2.24) is 0 Å². The second-order valence-corrected chi connectivity index (χ2v) is 6.21. The predicted molar refractivity (Wildman–Crippen MR) is 85.9 cm³/mol. The Morgan fingerprint density at radius 1 is 1.35 bits per heavy atom. The van der Waals surface area contributed by atoms with E-state index in [0.717, 1.165) is 42.4 Å². The molecule has 1 amide bonds. The van der Waals surface area contributed by atoms with Crippen LogP contribution in [0.4, 0.5) is 5.69 Å². The van der Waals surface area contributed by atoms with E-state index in [1.54, 1.807) is 0 Å². The molecule has 0 aliphatic heterocycles. The summed E-state index contributed by atoms with van der Waals surface area (Å²) in [5.74, 6) is -0.390. The van der Waals surface area contributed by atoms with Crippen molar-refractivity contribution in [3.05, 3.63) is 28.2 Å². The second-order valence-electron chi connectivity index (χ2n) is 5.35. The Labute approximate surface area is 128 Å². The van der Waals surface area contributed by atoms with Crippen LogP contribution in [0.1, 0.15) is 43.0 Å². The molecule has 1 aliphatic rings. The molecular weight excluding hydrogens is 318 g/mol. The minimum absolute atomic E-state index is 0.322. The number of carbonyl (C=O) groups excluding carboxylic acids is 1. The number of anilines is 1. The second kappa shape index (κ2) is 6.59. The van der Waals surface area contributed by atoms with E-state index in [0.29, 0.717) is 17.6 Å². The van der Waals surface area contributed by atoms with Crippen molar-refractivity contribution >= 4 is 27.5 Å². The van der Waals surface area contributed by atoms with Crippen LogP contribution >= 0.6 is 15.9 Å². The molecule has 20 heavy (non-hydrogen) atoms. The third-order valence-electron chi connectivity index (χ3n) is 4.07. The molecule has 0 aromatic heterocycles. The van der Waals surface area contributed by atoms with E-state index in [1.807, 2.05) is 18.2 Å². The topological polar surface area (TPSA) is 72.3 Å². The Morgan fingerprint density at radius 2 is 2.00 bits per heavy atom. The largest absolute Gasteiger partial charge is 0.368 e. The van der Waals surface area contributed by atoms with Crippen molar-refractivity contribution in [2.75, 3.05) is 11.4 Å². The minimum atomic E-state index is -0.390. The molecule has 0 heterocycles. The fraction of sp³-hybridized carbons (Fsp3) is 0.533. The highest BCUT2D eigenvalue weighted by molar-refractivity contribution is 9.10. The van der Waals surface area contributed by atoms with Crippen molar-refractivity contribution < 1.29 is 4.79 Å². The summed E-state index contributed by atoms with van der Waals surface area (Å²) in [6, 6.07) is 6.54. The molecule has 0 atom stereocenters. The highest BCUT2D eigenvalue weighted by Crippen LogP contribution is 2.32. The Bertz CT molecular complexity index is 484. The lowest BCUT2D eigenvalue weighted by atomic mass is 9.90. The van der Waals surface area contributed by atoms with Gasteiger partial charge >= 0.3 is 0 Å². The number of nitrogens with zero attached hydrogens (tertiary/aromatic N) is 1. The molecule has 5 heteroatoms. The monoisotopic (exact) mass is 339 g/mol. The predicted octanol–water partition coefficient (Wildman–Crippen LogP) is 2.64. The van der Waals surface area contributed by atoms with Gasteiger partial charge < -0.3 is 16.4 Å². The lowest BCUT2D eigenvalue weighted by molar-refractivity contribution is 0.1000. The third-order valence-corrected chi connectivity index (χ3v) is 4.73. The average Bonchev–Trinajstić information content (AvgIpc) is 2.41. The molecular formula is C15H22BrN3O. The number of carbonyl (C=O) groups is 1. The Balaban J connectivity index is 2.32. The maximum Gasteiger partial charge on any atom is 0.251 e. The summed E-state index contributed by atoms with van der Waals surface area (Å²) >= 11 is 3.43. The standard InChI is InChI=1S/C15H22BrN3O/c1-2-19(11-8-6-10(17)7-9-11)13-5-3-4-12(16)14(13)15(18)20/h3-5,10-11H,2,6-9,17H2,1H3,(H2,18,20). The molecule has 0 radical (unpaired) electrons. The van der Waals surface area contributed by atoms with E-state index in [2.05, 4.69) is 27.8 Å². The van der Waals surface area contributed by atoms with Crippen LogP contribution in [0.5, 0.6) is 0 Å². The van der Waals surface area contributed by atoms with Gasteiger partial charge in [-0.25, -0.2) is 0 Å². The van der Waals surface area contributed by atoms with Crippen molar-refractivity contribution in [3.63, 3.8) is 0 Å². The van der Waals surface area contributed by atoms with Crippen LogP contribution in [-0.4, -0.2) is 24.5 Å². The molecule has 0 spiro atoms. The maximum absolute atomic E-state index is 11.7. The molecule has 0 saturated heterocycles. The van der Waals surface area contributed by atoms with Crippen LogP contribution in [0.25, 0.3) is 0 Å². The Kier molecular flexibility index (Phi) is 5.05. The van der Waals surface area contributed by atoms with Gasteiger partial charge in [0, 0.05) is 23.1 Å². The first kappa shape index (κ1) is 15.3. The van der Waals surface area contributed by atoms with Gasteiger partial charge in [-0.05, 0) is 60.7 Å². The van der Waals surface area contributed by atoms with Crippen LogP contribution in [0.2, 0.25) is 0 Å². The molecule has 4 nitrogen and oxygen atoms in total. The highest BCUT2D eigenvalue weighted by atomic mass is 79.9. The Morgan fingerprint density at radius 3 is 2.55 bits per heavy atom. The summed E-state index contributed by atoms with van der Waals surface area (Å²) in [5, 5.41) is 0. The van der Waals surface area contributed by atoms with E-state index in [9.17, 15) is 4.79 Å². The van der Waals surface area contributed by atoms with E-state index < -0.39 is 5.91 Å². The normalized spacial score (nSPS) is 22.6. The van der Waals surface area contributed by atoms with Crippen molar-refractivity contribution in [2.45, 2.75) is 44.7 Å². The zero-order chi connectivity index (χ0) is 14.7. The maximum atomic E-state index is 11.7. The summed E-state index contributed by atoms with van der Waals surface area (Å²) in [5.41, 5.74) is 13.0. The third kappa shape index (κ3) is 3.15. The van der Waals surface area contributed by atoms with E-state index >= 15 is 0 Å². The average molecular weight is 340 g/mol. The molecule has 0 unspecified atom stereocenters. The fourth-order valence-corrected chi connectivity index (χ4v) is 3.59. The molecule has 1 fully saturated rings. The van der Waals surface area contributed by atoms with Gasteiger partial charge in [-0.1, -0.05) is 6.07 Å². The molecule has 4 N–H and O–H groups in total. The van der Waals surface area contributed by atoms with Gasteiger partial charge in [0.25, 0.3) is 5.91 Å². The van der Waals surface area contributed by atoms with Crippen LogP contribution in [0.15, 0.2) is 22.7 Å². The summed E-state index contributed by atoms with van der Waals surface area (Å²) in [6.45, 7) is 2.97. The van der Waals surface area contributed by atoms with Gasteiger partial charge in [0.15, 0.2) is 0 Å². The zero-order valence-electron chi connectivity index (χ0n) is 11.8. The molecule has 1 aromatic carbocycles. The van der Waals surface area contributed by atoms with Crippen LogP contribution in [0, 0.1) is 0 Å². The van der Waals surface area contributed by atoms with Gasteiger partial charge in [-0.2, -0.15) is 0 Å². The van der Waals surface area contributed by atoms with Gasteiger partial charge in [0.1, 0.15) is 0 Å². The summed E-state index contributed by atoms with van der Waals surface area (Å²) in [7, 11) is 0. The van der Waals surface area contributed by atoms with Crippen molar-refractivity contribution in [2.24, 2.45) is 11.5 Å². The van der Waals surface area contributed by atoms with Crippen molar-refractivity contribution in [3.8, 4) is 0 Å². The van der Waals surface area contributed by atoms with Gasteiger partial charge in [-0.3, -0.25) is 4.79 Å². The van der Waals surface area contributed by atoms with E-state index in [1.165, 1.54) is 0 Å². The SMILES string of the molecule is CCN(c1cccc(Br)c1C(N)=O)C1CCC(N)CC1. The lowest BCUT2D eigenvalue weighted by Gasteiger charge is -2.38. The first-order valence-corrected chi connectivity index (χ1v) is 7.94. The first-order chi connectivity index (χ1) is 9.54. The summed E-state index contributed by atoms with van der Waals surface area (Å²) < 4.78 is 0.758. The zero-order valence-corrected chi connectivity index (χ0v) is 13.4. The number of benzene rings is 1. The van der Waals surface area contributed by atoms with Crippen LogP contribution in [0.3, 0.4) is 0 Å². The summed E-state index contributed by atoms with van der Waals surface area (Å²) in [6.07, 6.45) is 4.22. The molecule has 1 aromatic rings. The number of rotatable bonds is 4. The van der Waals surface area contributed by atoms with E-state index in [-0.39, 0.29) is 0 Å². The number of hydrogen-bond donors (Lipinski definition) is 2. The van der Waals surface area contributed by atoms with Crippen LogP contribution < -0.4 is 16.4 Å². The lowest BCUT2D eigenvalue weighted by Crippen LogP contribution is -2.41. The number of halogens is 1. The fourth-order valence-electron chi connectivity index (χ4n) is 3.03. The number of amides is 1. The molecule has 1 aliphatic carbocycles. The molecule has 1 saturated carbocycles. The molecule has 2 rings (SSSR count). The smallest absolute Gasteiger partial charge is 0.251 e. The molecule has 0 bridgehead atoms. The van der Waals surface area contributed by atoms with Gasteiger partial charge in [-0.15, -0.1) is 0 Å². The van der Waals surface area contributed by atoms with Gasteiger partial charge in [0.05, 0.1) is 11.3 Å². The summed E-state index contributed by atoms with van der Waals surface area (Å²) in [4.78, 5) is 14.0. The quantitative estimate of drug-likeness (QED) is 0.885. The number of primary amides is 1. The molecule has 110 valence electrons. The van der Waals surface area contributed by atoms with Crippen LogP contribution in [-0.2, 0) is 0 Å². The van der Waals surface area contributed by atoms with Crippen molar-refractivity contribution in [1.29, 1.82) is 0 Å². The number of hydrogen-bond acceptors (Lipinski definition) is 3. The highest BCUT2D eigenvalue weighted by Gasteiger charge is 2.26.